The van der Waals surface area contributed by atoms with Crippen molar-refractivity contribution >= 4 is 46.6 Å². The summed E-state index contributed by atoms with van der Waals surface area (Å²) in [6.45, 7) is 0.213. The van der Waals surface area contributed by atoms with Crippen molar-refractivity contribution in [1.82, 2.24) is 0 Å². The van der Waals surface area contributed by atoms with Gasteiger partial charge >= 0.3 is 0 Å². The lowest BCUT2D eigenvalue weighted by molar-refractivity contribution is -0.115. The van der Waals surface area contributed by atoms with Gasteiger partial charge in [-0.1, -0.05) is 41.4 Å². The van der Waals surface area contributed by atoms with E-state index in [1.54, 1.807) is 35.2 Å². The van der Waals surface area contributed by atoms with E-state index in [1.165, 1.54) is 23.9 Å². The van der Waals surface area contributed by atoms with Crippen LogP contribution in [0, 0.1) is 5.82 Å². The van der Waals surface area contributed by atoms with Gasteiger partial charge in [0.15, 0.2) is 0 Å². The van der Waals surface area contributed by atoms with Crippen LogP contribution < -0.4 is 9.64 Å². The van der Waals surface area contributed by atoms with Crippen LogP contribution in [-0.2, 0) is 11.4 Å². The zero-order valence-electron chi connectivity index (χ0n) is 15.1. The molecule has 29 heavy (non-hydrogen) atoms. The van der Waals surface area contributed by atoms with Gasteiger partial charge in [-0.05, 0) is 59.7 Å². The predicted molar refractivity (Wildman–Crippen MR) is 116 cm³/mol. The van der Waals surface area contributed by atoms with Crippen LogP contribution >= 0.6 is 35.0 Å². The highest BCUT2D eigenvalue weighted by Gasteiger charge is 2.34. The summed E-state index contributed by atoms with van der Waals surface area (Å²) in [5.74, 6) is 0.623. The lowest BCUT2D eigenvalue weighted by Crippen LogP contribution is -2.27. The Morgan fingerprint density at radius 3 is 2.59 bits per heavy atom. The van der Waals surface area contributed by atoms with Crippen molar-refractivity contribution in [2.24, 2.45) is 0 Å². The molecule has 0 saturated carbocycles. The number of carbonyl (C=O) groups is 1. The zero-order chi connectivity index (χ0) is 20.4. The third-order valence-corrected chi connectivity index (χ3v) is 6.26. The molecule has 0 spiro atoms. The smallest absolute Gasteiger partial charge is 0.238 e. The van der Waals surface area contributed by atoms with Crippen LogP contribution in [0.5, 0.6) is 5.75 Å². The molecule has 0 unspecified atom stereocenters. The Labute approximate surface area is 182 Å². The summed E-state index contributed by atoms with van der Waals surface area (Å²) in [5.41, 5.74) is 2.41. The van der Waals surface area contributed by atoms with Crippen molar-refractivity contribution in [1.29, 1.82) is 0 Å². The number of rotatable bonds is 5. The zero-order valence-corrected chi connectivity index (χ0v) is 17.5. The number of anilines is 1. The van der Waals surface area contributed by atoms with Gasteiger partial charge in [-0.15, -0.1) is 11.8 Å². The Morgan fingerprint density at radius 2 is 1.86 bits per heavy atom. The van der Waals surface area contributed by atoms with Crippen molar-refractivity contribution in [3.8, 4) is 5.75 Å². The summed E-state index contributed by atoms with van der Waals surface area (Å²) in [6, 6.07) is 18.9. The molecule has 0 radical (unpaired) electrons. The third-order valence-electron chi connectivity index (χ3n) is 4.50. The summed E-state index contributed by atoms with van der Waals surface area (Å²) in [6.07, 6.45) is 0. The predicted octanol–water partition coefficient (Wildman–Crippen LogP) is 6.49. The van der Waals surface area contributed by atoms with Gasteiger partial charge < -0.3 is 4.74 Å². The van der Waals surface area contributed by atoms with Crippen LogP contribution in [0.2, 0.25) is 10.0 Å². The van der Waals surface area contributed by atoms with Gasteiger partial charge in [0, 0.05) is 10.7 Å². The number of hydrogen-bond acceptors (Lipinski definition) is 3. The van der Waals surface area contributed by atoms with E-state index in [4.69, 9.17) is 27.9 Å². The Kier molecular flexibility index (Phi) is 5.99. The number of carbonyl (C=O) groups excluding carboxylic acids is 1. The van der Waals surface area contributed by atoms with Gasteiger partial charge in [0.1, 0.15) is 23.5 Å². The molecule has 148 valence electrons. The second-order valence-electron chi connectivity index (χ2n) is 6.51. The highest BCUT2D eigenvalue weighted by molar-refractivity contribution is 8.00. The fraction of sp³-hybridized carbons (Fsp3) is 0.136. The molecule has 3 nitrogen and oxygen atoms in total. The molecule has 1 fully saturated rings. The van der Waals surface area contributed by atoms with E-state index in [9.17, 15) is 9.18 Å². The van der Waals surface area contributed by atoms with Crippen LogP contribution in [-0.4, -0.2) is 11.7 Å². The standard InChI is InChI=1S/C22H16Cl2FNO2S/c23-16-5-7-18(8-6-16)26-21(27)13-29-22(26)15-4-9-20(19(24)11-15)28-12-14-2-1-3-17(25)10-14/h1-11,22H,12-13H2/t22-/m1/s1. The maximum absolute atomic E-state index is 13.3. The summed E-state index contributed by atoms with van der Waals surface area (Å²) in [5, 5.41) is 0.876. The first kappa shape index (κ1) is 20.1. The molecule has 1 aliphatic rings. The van der Waals surface area contributed by atoms with Crippen LogP contribution in [0.4, 0.5) is 10.1 Å². The molecule has 7 heteroatoms. The molecule has 1 heterocycles. The molecule has 3 aromatic carbocycles. The minimum atomic E-state index is -0.308. The third kappa shape index (κ3) is 4.53. The molecular formula is C22H16Cl2FNO2S. The van der Waals surface area contributed by atoms with Gasteiger partial charge in [-0.2, -0.15) is 0 Å². The number of ether oxygens (including phenoxy) is 1. The molecule has 1 atom stereocenters. The second kappa shape index (κ2) is 8.66. The molecule has 0 bridgehead atoms. The second-order valence-corrected chi connectivity index (χ2v) is 8.42. The minimum Gasteiger partial charge on any atom is -0.487 e. The first-order valence-corrected chi connectivity index (χ1v) is 10.7. The largest absolute Gasteiger partial charge is 0.487 e. The van der Waals surface area contributed by atoms with Crippen LogP contribution in [0.3, 0.4) is 0 Å². The van der Waals surface area contributed by atoms with Crippen molar-refractivity contribution in [2.45, 2.75) is 12.0 Å². The van der Waals surface area contributed by atoms with Crippen molar-refractivity contribution < 1.29 is 13.9 Å². The van der Waals surface area contributed by atoms with Gasteiger partial charge in [0.25, 0.3) is 0 Å². The average molecular weight is 448 g/mol. The molecule has 1 amide bonds. The fourth-order valence-corrected chi connectivity index (χ4v) is 4.66. The SMILES string of the molecule is O=C1CS[C@H](c2ccc(OCc3cccc(F)c3)c(Cl)c2)N1c1ccc(Cl)cc1. The average Bonchev–Trinajstić information content (AvgIpc) is 3.09. The van der Waals surface area contributed by atoms with E-state index in [0.29, 0.717) is 21.5 Å². The first-order valence-electron chi connectivity index (χ1n) is 8.87. The molecule has 3 aromatic rings. The summed E-state index contributed by atoms with van der Waals surface area (Å²) in [7, 11) is 0. The van der Waals surface area contributed by atoms with E-state index >= 15 is 0 Å². The van der Waals surface area contributed by atoms with Gasteiger partial charge in [-0.3, -0.25) is 9.69 Å². The van der Waals surface area contributed by atoms with Gasteiger partial charge in [0.2, 0.25) is 5.91 Å². The normalized spacial score (nSPS) is 16.3. The van der Waals surface area contributed by atoms with Crippen LogP contribution in [0.15, 0.2) is 66.7 Å². The number of amides is 1. The Bertz CT molecular complexity index is 1050. The van der Waals surface area contributed by atoms with Crippen molar-refractivity contribution in [3.05, 3.63) is 93.7 Å². The molecule has 0 aromatic heterocycles. The maximum Gasteiger partial charge on any atom is 0.238 e. The lowest BCUT2D eigenvalue weighted by atomic mass is 10.1. The Morgan fingerprint density at radius 1 is 1.07 bits per heavy atom. The van der Waals surface area contributed by atoms with Crippen LogP contribution in [0.1, 0.15) is 16.5 Å². The topological polar surface area (TPSA) is 29.5 Å². The summed E-state index contributed by atoms with van der Waals surface area (Å²) < 4.78 is 19.0. The maximum atomic E-state index is 13.3. The van der Waals surface area contributed by atoms with Gasteiger partial charge in [0.05, 0.1) is 10.8 Å². The Hall–Kier alpha value is -2.21. The molecule has 0 aliphatic carbocycles. The monoisotopic (exact) mass is 447 g/mol. The van der Waals surface area contributed by atoms with E-state index in [0.717, 1.165) is 16.8 Å². The lowest BCUT2D eigenvalue weighted by Gasteiger charge is -2.25. The molecular weight excluding hydrogens is 432 g/mol. The summed E-state index contributed by atoms with van der Waals surface area (Å²) in [4.78, 5) is 14.2. The highest BCUT2D eigenvalue weighted by Crippen LogP contribution is 2.43. The van der Waals surface area contributed by atoms with Gasteiger partial charge in [-0.25, -0.2) is 4.39 Å². The Balaban J connectivity index is 1.53. The fourth-order valence-electron chi connectivity index (χ4n) is 3.13. The first-order chi connectivity index (χ1) is 14.0. The van der Waals surface area contributed by atoms with Crippen LogP contribution in [0.25, 0.3) is 0 Å². The molecule has 1 saturated heterocycles. The quantitative estimate of drug-likeness (QED) is 0.447. The van der Waals surface area contributed by atoms with E-state index in [-0.39, 0.29) is 23.7 Å². The number of nitrogens with zero attached hydrogens (tertiary/aromatic N) is 1. The van der Waals surface area contributed by atoms with E-state index in [1.807, 2.05) is 24.3 Å². The molecule has 4 rings (SSSR count). The van der Waals surface area contributed by atoms with E-state index < -0.39 is 0 Å². The molecule has 0 N–H and O–H groups in total. The number of thioether (sulfide) groups is 1. The number of halogens is 3. The van der Waals surface area contributed by atoms with E-state index in [2.05, 4.69) is 0 Å². The number of benzene rings is 3. The minimum absolute atomic E-state index is 0.0323. The molecule has 1 aliphatic heterocycles. The summed E-state index contributed by atoms with van der Waals surface area (Å²) >= 11 is 13.9. The highest BCUT2D eigenvalue weighted by atomic mass is 35.5. The van der Waals surface area contributed by atoms with Crippen molar-refractivity contribution in [2.75, 3.05) is 10.7 Å². The number of hydrogen-bond donors (Lipinski definition) is 0. The van der Waals surface area contributed by atoms with Crippen molar-refractivity contribution in [3.63, 3.8) is 0 Å².